The summed E-state index contributed by atoms with van der Waals surface area (Å²) in [6.07, 6.45) is 3.50. The highest BCUT2D eigenvalue weighted by Gasteiger charge is 2.20. The molecule has 25 heavy (non-hydrogen) atoms. The lowest BCUT2D eigenvalue weighted by Crippen LogP contribution is -2.36. The van der Waals surface area contributed by atoms with E-state index in [1.54, 1.807) is 17.0 Å². The zero-order valence-electron chi connectivity index (χ0n) is 14.1. The maximum atomic E-state index is 13.3. The van der Waals surface area contributed by atoms with Crippen LogP contribution in [-0.4, -0.2) is 28.9 Å². The molecule has 1 aliphatic rings. The zero-order chi connectivity index (χ0) is 17.6. The number of hydrogen-bond acceptors (Lipinski definition) is 2. The summed E-state index contributed by atoms with van der Waals surface area (Å²) >= 11 is 0. The van der Waals surface area contributed by atoms with E-state index in [2.05, 4.69) is 16.8 Å². The molecule has 0 atom stereocenters. The summed E-state index contributed by atoms with van der Waals surface area (Å²) in [4.78, 5) is 18.5. The Bertz CT molecular complexity index is 867. The molecule has 0 N–H and O–H groups in total. The molecule has 1 amide bonds. The maximum Gasteiger partial charge on any atom is 0.253 e. The van der Waals surface area contributed by atoms with Crippen LogP contribution in [0.3, 0.4) is 0 Å². The van der Waals surface area contributed by atoms with Crippen LogP contribution in [0.25, 0.3) is 0 Å². The molecular weight excluding hydrogens is 315 g/mol. The van der Waals surface area contributed by atoms with Gasteiger partial charge < -0.3 is 4.90 Å². The summed E-state index contributed by atoms with van der Waals surface area (Å²) < 4.78 is 13.3. The summed E-state index contributed by atoms with van der Waals surface area (Å²) in [7, 11) is 0. The predicted molar refractivity (Wildman–Crippen MR) is 95.5 cm³/mol. The van der Waals surface area contributed by atoms with Crippen molar-refractivity contribution in [3.63, 3.8) is 0 Å². The number of carbonyl (C=O) groups is 1. The van der Waals surface area contributed by atoms with E-state index in [0.717, 1.165) is 24.2 Å². The van der Waals surface area contributed by atoms with Gasteiger partial charge in [0.25, 0.3) is 5.91 Å². The van der Waals surface area contributed by atoms with Crippen molar-refractivity contribution in [3.8, 4) is 11.8 Å². The van der Waals surface area contributed by atoms with Crippen LogP contribution in [0.5, 0.6) is 0 Å². The number of allylic oxidation sites excluding steroid dienone is 1. The molecule has 1 aliphatic heterocycles. The molecule has 4 heteroatoms. The van der Waals surface area contributed by atoms with Crippen molar-refractivity contribution in [1.82, 2.24) is 9.88 Å². The molecule has 2 aromatic rings. The van der Waals surface area contributed by atoms with Crippen LogP contribution in [0.4, 0.5) is 4.39 Å². The molecule has 1 aromatic heterocycles. The molecule has 0 aliphatic carbocycles. The fraction of sp³-hybridized carbons (Fsp3) is 0.238. The van der Waals surface area contributed by atoms with E-state index in [1.807, 2.05) is 31.2 Å². The van der Waals surface area contributed by atoms with Crippen molar-refractivity contribution < 1.29 is 9.18 Å². The second kappa shape index (κ2) is 7.76. The highest BCUT2D eigenvalue weighted by Crippen LogP contribution is 2.18. The molecule has 2 heterocycles. The van der Waals surface area contributed by atoms with Crippen molar-refractivity contribution in [2.24, 2.45) is 0 Å². The molecule has 0 bridgehead atoms. The number of aryl methyl sites for hydroxylation is 1. The quantitative estimate of drug-likeness (QED) is 0.744. The Morgan fingerprint density at radius 2 is 1.96 bits per heavy atom. The van der Waals surface area contributed by atoms with Gasteiger partial charge in [0.05, 0.1) is 0 Å². The maximum absolute atomic E-state index is 13.3. The van der Waals surface area contributed by atoms with E-state index in [9.17, 15) is 9.18 Å². The number of hydrogen-bond donors (Lipinski definition) is 0. The Balaban J connectivity index is 1.59. The SMILES string of the molecule is Cc1cccc(C#CC=C2CCN(C(=O)c3cccc(F)c3)CC2)n1. The standard InChI is InChI=1S/C21H19FN2O/c1-16-5-2-9-20(23-16)10-3-6-17-11-13-24(14-12-17)21(25)18-7-4-8-19(22)15-18/h2,4-9,15H,11-14H2,1H3. The number of aromatic nitrogens is 1. The van der Waals surface area contributed by atoms with E-state index in [4.69, 9.17) is 0 Å². The van der Waals surface area contributed by atoms with Crippen molar-refractivity contribution in [1.29, 1.82) is 0 Å². The molecular formula is C21H19FN2O. The Kier molecular flexibility index (Phi) is 5.25. The van der Waals surface area contributed by atoms with Gasteiger partial charge in [0.15, 0.2) is 0 Å². The summed E-state index contributed by atoms with van der Waals surface area (Å²) in [6.45, 7) is 3.20. The topological polar surface area (TPSA) is 33.2 Å². The molecule has 0 unspecified atom stereocenters. The lowest BCUT2D eigenvalue weighted by molar-refractivity contribution is 0.0743. The average Bonchev–Trinajstić information content (AvgIpc) is 2.62. The van der Waals surface area contributed by atoms with Crippen LogP contribution in [0.15, 0.2) is 54.1 Å². The molecule has 3 nitrogen and oxygen atoms in total. The summed E-state index contributed by atoms with van der Waals surface area (Å²) in [6, 6.07) is 11.6. The van der Waals surface area contributed by atoms with Gasteiger partial charge in [0.1, 0.15) is 11.5 Å². The van der Waals surface area contributed by atoms with Gasteiger partial charge in [-0.3, -0.25) is 4.79 Å². The van der Waals surface area contributed by atoms with Gasteiger partial charge in [0, 0.05) is 24.3 Å². The molecule has 1 saturated heterocycles. The third kappa shape index (κ3) is 4.54. The van der Waals surface area contributed by atoms with Gasteiger partial charge in [-0.1, -0.05) is 23.6 Å². The van der Waals surface area contributed by atoms with Crippen LogP contribution < -0.4 is 0 Å². The van der Waals surface area contributed by atoms with Crippen molar-refractivity contribution >= 4 is 5.91 Å². The third-order valence-corrected chi connectivity index (χ3v) is 4.13. The minimum Gasteiger partial charge on any atom is -0.338 e. The number of piperidine rings is 1. The van der Waals surface area contributed by atoms with Crippen LogP contribution in [0.1, 0.15) is 34.6 Å². The van der Waals surface area contributed by atoms with Crippen molar-refractivity contribution in [2.75, 3.05) is 13.1 Å². The first-order valence-corrected chi connectivity index (χ1v) is 8.30. The zero-order valence-corrected chi connectivity index (χ0v) is 14.1. The van der Waals surface area contributed by atoms with Crippen LogP contribution >= 0.6 is 0 Å². The van der Waals surface area contributed by atoms with Gasteiger partial charge >= 0.3 is 0 Å². The summed E-state index contributed by atoms with van der Waals surface area (Å²) in [5, 5.41) is 0. The number of amides is 1. The Morgan fingerprint density at radius 3 is 2.68 bits per heavy atom. The van der Waals surface area contributed by atoms with E-state index in [0.29, 0.717) is 18.7 Å². The van der Waals surface area contributed by atoms with E-state index >= 15 is 0 Å². The van der Waals surface area contributed by atoms with Gasteiger partial charge in [-0.2, -0.15) is 0 Å². The van der Waals surface area contributed by atoms with Crippen LogP contribution in [0, 0.1) is 24.6 Å². The second-order valence-electron chi connectivity index (χ2n) is 6.04. The minimum absolute atomic E-state index is 0.117. The highest BCUT2D eigenvalue weighted by molar-refractivity contribution is 5.94. The number of benzene rings is 1. The molecule has 3 rings (SSSR count). The summed E-state index contributed by atoms with van der Waals surface area (Å²) in [5.74, 6) is 5.59. The normalized spacial score (nSPS) is 13.8. The van der Waals surface area contributed by atoms with Crippen molar-refractivity contribution in [2.45, 2.75) is 19.8 Å². The number of likely N-dealkylation sites (tertiary alicyclic amines) is 1. The van der Waals surface area contributed by atoms with Gasteiger partial charge in [0.2, 0.25) is 0 Å². The minimum atomic E-state index is -0.386. The Hall–Kier alpha value is -2.93. The molecule has 0 spiro atoms. The number of nitrogens with zero attached hydrogens (tertiary/aromatic N) is 2. The summed E-state index contributed by atoms with van der Waals surface area (Å²) in [5.41, 5.74) is 3.33. The Labute approximate surface area is 147 Å². The van der Waals surface area contributed by atoms with Gasteiger partial charge in [-0.25, -0.2) is 9.37 Å². The van der Waals surface area contributed by atoms with E-state index < -0.39 is 0 Å². The molecule has 0 radical (unpaired) electrons. The highest BCUT2D eigenvalue weighted by atomic mass is 19.1. The number of rotatable bonds is 1. The molecule has 1 fully saturated rings. The number of pyridine rings is 1. The lowest BCUT2D eigenvalue weighted by atomic mass is 10.0. The van der Waals surface area contributed by atoms with E-state index in [1.165, 1.54) is 17.7 Å². The average molecular weight is 334 g/mol. The van der Waals surface area contributed by atoms with Gasteiger partial charge in [-0.05, 0) is 62.1 Å². The second-order valence-corrected chi connectivity index (χ2v) is 6.04. The Morgan fingerprint density at radius 1 is 1.20 bits per heavy atom. The first-order valence-electron chi connectivity index (χ1n) is 8.30. The third-order valence-electron chi connectivity index (χ3n) is 4.13. The first kappa shape index (κ1) is 16.9. The van der Waals surface area contributed by atoms with Crippen molar-refractivity contribution in [3.05, 3.63) is 76.9 Å². The van der Waals surface area contributed by atoms with Crippen LogP contribution in [0.2, 0.25) is 0 Å². The molecule has 126 valence electrons. The predicted octanol–water partition coefficient (Wildman–Crippen LogP) is 3.74. The van der Waals surface area contributed by atoms with Gasteiger partial charge in [-0.15, -0.1) is 0 Å². The number of halogens is 1. The smallest absolute Gasteiger partial charge is 0.253 e. The molecule has 0 saturated carbocycles. The first-order chi connectivity index (χ1) is 12.1. The van der Waals surface area contributed by atoms with E-state index in [-0.39, 0.29) is 11.7 Å². The molecule has 1 aromatic carbocycles. The monoisotopic (exact) mass is 334 g/mol. The fourth-order valence-electron chi connectivity index (χ4n) is 2.77. The largest absolute Gasteiger partial charge is 0.338 e. The number of carbonyl (C=O) groups excluding carboxylic acids is 1. The van der Waals surface area contributed by atoms with Crippen LogP contribution in [-0.2, 0) is 0 Å². The lowest BCUT2D eigenvalue weighted by Gasteiger charge is -2.28. The fourth-order valence-corrected chi connectivity index (χ4v) is 2.77.